The molecular formula is C15H22N2O3. The van der Waals surface area contributed by atoms with Crippen LogP contribution in [-0.2, 0) is 16.1 Å². The largest absolute Gasteiger partial charge is 0.465 e. The van der Waals surface area contributed by atoms with Gasteiger partial charge in [0.15, 0.2) is 0 Å². The average Bonchev–Trinajstić information content (AvgIpc) is 2.37. The normalized spacial score (nSPS) is 10.7. The fourth-order valence-corrected chi connectivity index (χ4v) is 1.93. The minimum Gasteiger partial charge on any atom is -0.465 e. The predicted molar refractivity (Wildman–Crippen MR) is 77.4 cm³/mol. The Morgan fingerprint density at radius 2 is 1.95 bits per heavy atom. The van der Waals surface area contributed by atoms with E-state index in [0.29, 0.717) is 12.1 Å². The topological polar surface area (TPSA) is 58.6 Å². The fourth-order valence-electron chi connectivity index (χ4n) is 1.93. The maximum Gasteiger partial charge on any atom is 0.338 e. The zero-order valence-electron chi connectivity index (χ0n) is 12.5. The van der Waals surface area contributed by atoms with Crippen LogP contribution in [0.3, 0.4) is 0 Å². The third kappa shape index (κ3) is 5.01. The van der Waals surface area contributed by atoms with Crippen LogP contribution in [0.2, 0.25) is 0 Å². The van der Waals surface area contributed by atoms with E-state index in [9.17, 15) is 9.59 Å². The quantitative estimate of drug-likeness (QED) is 0.800. The standard InChI is InChI=1S/C15H22N2O3/c1-11(2)16-14(18)10-17(3)9-12-7-5-6-8-13(12)15(19)20-4/h5-8,11H,9-10H2,1-4H3,(H,16,18). The summed E-state index contributed by atoms with van der Waals surface area (Å²) in [6.45, 7) is 4.64. The highest BCUT2D eigenvalue weighted by molar-refractivity contribution is 5.91. The van der Waals surface area contributed by atoms with Crippen LogP contribution in [0.5, 0.6) is 0 Å². The number of likely N-dealkylation sites (N-methyl/N-ethyl adjacent to an activating group) is 1. The zero-order chi connectivity index (χ0) is 15.1. The van der Waals surface area contributed by atoms with Crippen molar-refractivity contribution in [1.29, 1.82) is 0 Å². The maximum atomic E-state index is 11.7. The summed E-state index contributed by atoms with van der Waals surface area (Å²) in [5.74, 6) is -0.390. The number of ether oxygens (including phenoxy) is 1. The summed E-state index contributed by atoms with van der Waals surface area (Å²) in [4.78, 5) is 25.2. The summed E-state index contributed by atoms with van der Waals surface area (Å²) < 4.78 is 4.76. The van der Waals surface area contributed by atoms with Gasteiger partial charge in [0.2, 0.25) is 5.91 Å². The zero-order valence-corrected chi connectivity index (χ0v) is 12.5. The molecule has 0 aromatic heterocycles. The Bertz CT molecular complexity index is 472. The molecule has 0 unspecified atom stereocenters. The highest BCUT2D eigenvalue weighted by Gasteiger charge is 2.14. The Morgan fingerprint density at radius 3 is 2.55 bits per heavy atom. The number of nitrogens with zero attached hydrogens (tertiary/aromatic N) is 1. The molecule has 0 saturated heterocycles. The Labute approximate surface area is 119 Å². The monoisotopic (exact) mass is 278 g/mol. The molecule has 0 aliphatic rings. The highest BCUT2D eigenvalue weighted by Crippen LogP contribution is 2.12. The minimum atomic E-state index is -0.361. The van der Waals surface area contributed by atoms with Crippen LogP contribution >= 0.6 is 0 Å². The fraction of sp³-hybridized carbons (Fsp3) is 0.467. The van der Waals surface area contributed by atoms with Gasteiger partial charge < -0.3 is 10.1 Å². The first-order valence-corrected chi connectivity index (χ1v) is 6.58. The smallest absolute Gasteiger partial charge is 0.338 e. The molecule has 0 fully saturated rings. The molecule has 110 valence electrons. The number of carbonyl (C=O) groups excluding carboxylic acids is 2. The maximum absolute atomic E-state index is 11.7. The van der Waals surface area contributed by atoms with Crippen LogP contribution in [0, 0.1) is 0 Å². The molecule has 20 heavy (non-hydrogen) atoms. The van der Waals surface area contributed by atoms with Gasteiger partial charge in [-0.25, -0.2) is 4.79 Å². The molecular weight excluding hydrogens is 256 g/mol. The molecule has 1 aromatic rings. The van der Waals surface area contributed by atoms with Gasteiger partial charge in [-0.3, -0.25) is 9.69 Å². The van der Waals surface area contributed by atoms with E-state index in [-0.39, 0.29) is 24.5 Å². The number of methoxy groups -OCH3 is 1. The van der Waals surface area contributed by atoms with E-state index in [1.807, 2.05) is 37.9 Å². The van der Waals surface area contributed by atoms with Crippen molar-refractivity contribution in [3.05, 3.63) is 35.4 Å². The molecule has 0 aliphatic heterocycles. The number of nitrogens with one attached hydrogen (secondary N) is 1. The number of benzene rings is 1. The SMILES string of the molecule is COC(=O)c1ccccc1CN(C)CC(=O)NC(C)C. The first kappa shape index (κ1) is 16.2. The highest BCUT2D eigenvalue weighted by atomic mass is 16.5. The number of carbonyl (C=O) groups is 2. The van der Waals surface area contributed by atoms with Gasteiger partial charge in [0.1, 0.15) is 0 Å². The average molecular weight is 278 g/mol. The van der Waals surface area contributed by atoms with E-state index in [1.54, 1.807) is 12.1 Å². The third-order valence-electron chi connectivity index (χ3n) is 2.73. The second kappa shape index (κ2) is 7.65. The third-order valence-corrected chi connectivity index (χ3v) is 2.73. The molecule has 0 radical (unpaired) electrons. The second-order valence-electron chi connectivity index (χ2n) is 5.04. The van der Waals surface area contributed by atoms with Gasteiger partial charge in [-0.2, -0.15) is 0 Å². The van der Waals surface area contributed by atoms with Crippen molar-refractivity contribution >= 4 is 11.9 Å². The first-order chi connectivity index (χ1) is 9.43. The molecule has 1 N–H and O–H groups in total. The van der Waals surface area contributed by atoms with Crippen LogP contribution in [0.4, 0.5) is 0 Å². The number of hydrogen-bond acceptors (Lipinski definition) is 4. The van der Waals surface area contributed by atoms with Crippen molar-refractivity contribution in [3.63, 3.8) is 0 Å². The van der Waals surface area contributed by atoms with E-state index in [1.165, 1.54) is 7.11 Å². The summed E-state index contributed by atoms with van der Waals surface area (Å²) in [5.41, 5.74) is 1.38. The Balaban J connectivity index is 2.68. The van der Waals surface area contributed by atoms with Crippen LogP contribution in [-0.4, -0.2) is 43.5 Å². The van der Waals surface area contributed by atoms with E-state index < -0.39 is 0 Å². The van der Waals surface area contributed by atoms with Crippen molar-refractivity contribution in [2.75, 3.05) is 20.7 Å². The van der Waals surface area contributed by atoms with Gasteiger partial charge >= 0.3 is 5.97 Å². The van der Waals surface area contributed by atoms with Crippen LogP contribution in [0.1, 0.15) is 29.8 Å². The molecule has 1 aromatic carbocycles. The van der Waals surface area contributed by atoms with Crippen LogP contribution in [0.15, 0.2) is 24.3 Å². The van der Waals surface area contributed by atoms with Crippen molar-refractivity contribution in [1.82, 2.24) is 10.2 Å². The molecule has 1 rings (SSSR count). The summed E-state index contributed by atoms with van der Waals surface area (Å²) >= 11 is 0. The van der Waals surface area contributed by atoms with Crippen molar-refractivity contribution in [2.45, 2.75) is 26.4 Å². The van der Waals surface area contributed by atoms with Crippen LogP contribution in [0.25, 0.3) is 0 Å². The summed E-state index contributed by atoms with van der Waals surface area (Å²) in [6.07, 6.45) is 0. The molecule has 1 amide bonds. The Morgan fingerprint density at radius 1 is 1.30 bits per heavy atom. The van der Waals surface area contributed by atoms with Gasteiger partial charge in [-0.1, -0.05) is 18.2 Å². The molecule has 0 bridgehead atoms. The summed E-state index contributed by atoms with van der Waals surface area (Å²) in [5, 5.41) is 2.84. The first-order valence-electron chi connectivity index (χ1n) is 6.58. The van der Waals surface area contributed by atoms with Gasteiger partial charge in [0.25, 0.3) is 0 Å². The molecule has 5 nitrogen and oxygen atoms in total. The Kier molecular flexibility index (Phi) is 6.18. The lowest BCUT2D eigenvalue weighted by Crippen LogP contribution is -2.38. The second-order valence-corrected chi connectivity index (χ2v) is 5.04. The lowest BCUT2D eigenvalue weighted by Gasteiger charge is -2.18. The van der Waals surface area contributed by atoms with E-state index in [2.05, 4.69) is 5.32 Å². The summed E-state index contributed by atoms with van der Waals surface area (Å²) in [6, 6.07) is 7.37. The van der Waals surface area contributed by atoms with E-state index in [0.717, 1.165) is 5.56 Å². The number of hydrogen-bond donors (Lipinski definition) is 1. The number of rotatable bonds is 6. The van der Waals surface area contributed by atoms with Gasteiger partial charge in [0.05, 0.1) is 19.2 Å². The molecule has 0 spiro atoms. The van der Waals surface area contributed by atoms with Gasteiger partial charge in [0, 0.05) is 12.6 Å². The number of esters is 1. The van der Waals surface area contributed by atoms with Gasteiger partial charge in [-0.15, -0.1) is 0 Å². The van der Waals surface area contributed by atoms with Crippen LogP contribution < -0.4 is 5.32 Å². The molecule has 0 heterocycles. The molecule has 0 aliphatic carbocycles. The van der Waals surface area contributed by atoms with Crippen molar-refractivity contribution in [3.8, 4) is 0 Å². The lowest BCUT2D eigenvalue weighted by atomic mass is 10.1. The molecule has 5 heteroatoms. The van der Waals surface area contributed by atoms with Gasteiger partial charge in [-0.05, 0) is 32.5 Å². The Hall–Kier alpha value is -1.88. The molecule has 0 atom stereocenters. The van der Waals surface area contributed by atoms with E-state index in [4.69, 9.17) is 4.74 Å². The number of amides is 1. The van der Waals surface area contributed by atoms with Crippen molar-refractivity contribution in [2.24, 2.45) is 0 Å². The van der Waals surface area contributed by atoms with Crippen molar-refractivity contribution < 1.29 is 14.3 Å². The minimum absolute atomic E-state index is 0.0296. The van der Waals surface area contributed by atoms with E-state index >= 15 is 0 Å². The summed E-state index contributed by atoms with van der Waals surface area (Å²) in [7, 11) is 3.20. The molecule has 0 saturated carbocycles. The lowest BCUT2D eigenvalue weighted by molar-refractivity contribution is -0.122. The predicted octanol–water partition coefficient (Wildman–Crippen LogP) is 1.43.